The van der Waals surface area contributed by atoms with E-state index in [0.717, 1.165) is 35.8 Å². The highest BCUT2D eigenvalue weighted by Crippen LogP contribution is 2.44. The van der Waals surface area contributed by atoms with Crippen LogP contribution in [0.1, 0.15) is 102 Å². The Balaban J connectivity index is 1.53. The van der Waals surface area contributed by atoms with Gasteiger partial charge in [-0.2, -0.15) is 0 Å². The van der Waals surface area contributed by atoms with E-state index in [0.29, 0.717) is 0 Å². The minimum Gasteiger partial charge on any atom is -0.496 e. The van der Waals surface area contributed by atoms with Crippen LogP contribution in [0, 0.1) is 17.8 Å². The molecule has 1 heteroatoms. The molecule has 0 N–H and O–H groups in total. The lowest BCUT2D eigenvalue weighted by molar-refractivity contribution is 0.156. The molecular formula is C25H40O. The van der Waals surface area contributed by atoms with E-state index in [4.69, 9.17) is 4.74 Å². The van der Waals surface area contributed by atoms with Crippen molar-refractivity contribution in [2.75, 3.05) is 7.11 Å². The van der Waals surface area contributed by atoms with E-state index in [9.17, 15) is 0 Å². The first-order valence-corrected chi connectivity index (χ1v) is 11.4. The summed E-state index contributed by atoms with van der Waals surface area (Å²) in [6.45, 7) is 4.60. The van der Waals surface area contributed by atoms with Gasteiger partial charge in [0.25, 0.3) is 0 Å². The highest BCUT2D eigenvalue weighted by Gasteiger charge is 2.31. The molecule has 146 valence electrons. The van der Waals surface area contributed by atoms with Gasteiger partial charge in [0.1, 0.15) is 5.75 Å². The molecule has 0 spiro atoms. The van der Waals surface area contributed by atoms with E-state index < -0.39 is 0 Å². The molecule has 3 rings (SSSR count). The molecule has 0 radical (unpaired) electrons. The summed E-state index contributed by atoms with van der Waals surface area (Å²) in [5.41, 5.74) is 2.98. The van der Waals surface area contributed by atoms with E-state index in [1.165, 1.54) is 76.2 Å². The third-order valence-corrected chi connectivity index (χ3v) is 7.32. The molecule has 1 nitrogen and oxygen atoms in total. The van der Waals surface area contributed by atoms with Crippen molar-refractivity contribution in [1.82, 2.24) is 0 Å². The van der Waals surface area contributed by atoms with Gasteiger partial charge in [-0.15, -0.1) is 0 Å². The molecule has 0 aliphatic heterocycles. The maximum Gasteiger partial charge on any atom is 0.122 e. The van der Waals surface area contributed by atoms with Crippen LogP contribution in [0.4, 0.5) is 0 Å². The number of benzene rings is 1. The molecule has 0 heterocycles. The topological polar surface area (TPSA) is 9.23 Å². The lowest BCUT2D eigenvalue weighted by Crippen LogP contribution is -2.25. The Hall–Kier alpha value is -0.980. The Morgan fingerprint density at radius 2 is 1.50 bits per heavy atom. The van der Waals surface area contributed by atoms with E-state index in [-0.39, 0.29) is 0 Å². The summed E-state index contributed by atoms with van der Waals surface area (Å²) in [5.74, 6) is 4.96. The van der Waals surface area contributed by atoms with Crippen molar-refractivity contribution in [2.24, 2.45) is 17.8 Å². The second kappa shape index (κ2) is 9.81. The zero-order valence-corrected chi connectivity index (χ0v) is 17.4. The van der Waals surface area contributed by atoms with Crippen LogP contribution in [0.25, 0.3) is 0 Å². The molecule has 26 heavy (non-hydrogen) atoms. The maximum atomic E-state index is 5.56. The smallest absolute Gasteiger partial charge is 0.122 e. The molecule has 0 amide bonds. The SMILES string of the molecule is CCCc1cc(C2CCC(C3CCC(CCC)CC3)CC2)ccc1OC. The van der Waals surface area contributed by atoms with Crippen LogP contribution < -0.4 is 4.74 Å². The monoisotopic (exact) mass is 356 g/mol. The number of methoxy groups -OCH3 is 1. The van der Waals surface area contributed by atoms with Gasteiger partial charge >= 0.3 is 0 Å². The third kappa shape index (κ3) is 4.84. The van der Waals surface area contributed by atoms with Crippen molar-refractivity contribution in [2.45, 2.75) is 96.8 Å². The number of aryl methyl sites for hydroxylation is 1. The van der Waals surface area contributed by atoms with E-state index in [1.807, 2.05) is 0 Å². The molecule has 2 aliphatic rings. The molecule has 2 fully saturated rings. The quantitative estimate of drug-likeness (QED) is 0.490. The first-order chi connectivity index (χ1) is 12.7. The molecule has 2 saturated carbocycles. The van der Waals surface area contributed by atoms with Crippen LogP contribution in [-0.4, -0.2) is 7.11 Å². The molecule has 0 saturated heterocycles. The van der Waals surface area contributed by atoms with Crippen LogP contribution in [0.15, 0.2) is 18.2 Å². The second-order valence-corrected chi connectivity index (χ2v) is 9.00. The summed E-state index contributed by atoms with van der Waals surface area (Å²) in [5, 5.41) is 0. The summed E-state index contributed by atoms with van der Waals surface area (Å²) in [6.07, 6.45) is 16.9. The predicted octanol–water partition coefficient (Wildman–Crippen LogP) is 7.53. The zero-order chi connectivity index (χ0) is 18.4. The first-order valence-electron chi connectivity index (χ1n) is 11.4. The van der Waals surface area contributed by atoms with E-state index in [1.54, 1.807) is 12.7 Å². The van der Waals surface area contributed by atoms with Crippen molar-refractivity contribution in [3.8, 4) is 5.75 Å². The lowest BCUT2D eigenvalue weighted by Gasteiger charge is -2.38. The fraction of sp³-hybridized carbons (Fsp3) is 0.760. The van der Waals surface area contributed by atoms with E-state index in [2.05, 4.69) is 32.0 Å². The number of ether oxygens (including phenoxy) is 1. The predicted molar refractivity (Wildman–Crippen MR) is 112 cm³/mol. The van der Waals surface area contributed by atoms with Crippen molar-refractivity contribution in [1.29, 1.82) is 0 Å². The summed E-state index contributed by atoms with van der Waals surface area (Å²) >= 11 is 0. The molecule has 0 atom stereocenters. The number of hydrogen-bond acceptors (Lipinski definition) is 1. The Bertz CT molecular complexity index is 533. The maximum absolute atomic E-state index is 5.56. The van der Waals surface area contributed by atoms with Gasteiger partial charge in [0.15, 0.2) is 0 Å². The molecule has 0 bridgehead atoms. The van der Waals surface area contributed by atoms with Crippen LogP contribution in [0.3, 0.4) is 0 Å². The zero-order valence-electron chi connectivity index (χ0n) is 17.4. The average Bonchev–Trinajstić information content (AvgIpc) is 2.69. The van der Waals surface area contributed by atoms with Crippen LogP contribution in [0.5, 0.6) is 5.75 Å². The lowest BCUT2D eigenvalue weighted by atomic mass is 9.68. The fourth-order valence-electron chi connectivity index (χ4n) is 5.80. The van der Waals surface area contributed by atoms with Gasteiger partial charge in [-0.25, -0.2) is 0 Å². The minimum absolute atomic E-state index is 0.782. The van der Waals surface area contributed by atoms with Gasteiger partial charge in [0, 0.05) is 0 Å². The van der Waals surface area contributed by atoms with Crippen molar-refractivity contribution >= 4 is 0 Å². The molecular weight excluding hydrogens is 316 g/mol. The van der Waals surface area contributed by atoms with Gasteiger partial charge in [-0.05, 0) is 85.8 Å². The number of rotatable bonds is 7. The Morgan fingerprint density at radius 1 is 0.846 bits per heavy atom. The molecule has 0 unspecified atom stereocenters. The average molecular weight is 357 g/mol. The first kappa shape index (κ1) is 19.8. The normalized spacial score (nSPS) is 29.5. The summed E-state index contributed by atoms with van der Waals surface area (Å²) in [6, 6.07) is 6.99. The van der Waals surface area contributed by atoms with Crippen LogP contribution >= 0.6 is 0 Å². The highest BCUT2D eigenvalue weighted by molar-refractivity contribution is 5.39. The van der Waals surface area contributed by atoms with Crippen LogP contribution in [-0.2, 0) is 6.42 Å². The Labute approximate surface area is 161 Å². The van der Waals surface area contributed by atoms with Gasteiger partial charge < -0.3 is 4.74 Å². The largest absolute Gasteiger partial charge is 0.496 e. The molecule has 1 aromatic carbocycles. The van der Waals surface area contributed by atoms with Crippen molar-refractivity contribution in [3.05, 3.63) is 29.3 Å². The van der Waals surface area contributed by atoms with Gasteiger partial charge in [0.05, 0.1) is 7.11 Å². The van der Waals surface area contributed by atoms with Gasteiger partial charge in [-0.3, -0.25) is 0 Å². The Kier molecular flexibility index (Phi) is 7.46. The third-order valence-electron chi connectivity index (χ3n) is 7.32. The second-order valence-electron chi connectivity index (χ2n) is 9.00. The molecule has 1 aromatic rings. The molecule has 0 aromatic heterocycles. The van der Waals surface area contributed by atoms with Gasteiger partial charge in [0.2, 0.25) is 0 Å². The highest BCUT2D eigenvalue weighted by atomic mass is 16.5. The standard InChI is InChI=1S/C25H40O/c1-4-6-19-8-10-20(11-9-19)21-12-14-22(15-13-21)23-16-17-25(26-3)24(18-23)7-5-2/h16-22H,4-15H2,1-3H3. The minimum atomic E-state index is 0.782. The van der Waals surface area contributed by atoms with Gasteiger partial charge in [-0.1, -0.05) is 58.1 Å². The van der Waals surface area contributed by atoms with E-state index >= 15 is 0 Å². The summed E-state index contributed by atoms with van der Waals surface area (Å²) in [4.78, 5) is 0. The molecule has 2 aliphatic carbocycles. The van der Waals surface area contributed by atoms with Crippen LogP contribution in [0.2, 0.25) is 0 Å². The Morgan fingerprint density at radius 3 is 2.08 bits per heavy atom. The fourth-order valence-corrected chi connectivity index (χ4v) is 5.80. The summed E-state index contributed by atoms with van der Waals surface area (Å²) in [7, 11) is 1.80. The van der Waals surface area contributed by atoms with Crippen molar-refractivity contribution < 1.29 is 4.74 Å². The summed E-state index contributed by atoms with van der Waals surface area (Å²) < 4.78 is 5.56. The number of hydrogen-bond donors (Lipinski definition) is 0. The van der Waals surface area contributed by atoms with Crippen molar-refractivity contribution in [3.63, 3.8) is 0 Å².